The Morgan fingerprint density at radius 3 is 2.76 bits per heavy atom. The van der Waals surface area contributed by atoms with Gasteiger partial charge in [0, 0.05) is 13.1 Å². The molecule has 0 saturated heterocycles. The lowest BCUT2D eigenvalue weighted by Gasteiger charge is -2.23. The van der Waals surface area contributed by atoms with Crippen molar-refractivity contribution in [3.63, 3.8) is 0 Å². The maximum Gasteiger partial charge on any atom is 0.405 e. The van der Waals surface area contributed by atoms with Gasteiger partial charge in [-0.25, -0.2) is 4.98 Å². The molecule has 0 aliphatic heterocycles. The molecule has 17 heavy (non-hydrogen) atoms. The van der Waals surface area contributed by atoms with E-state index in [-0.39, 0.29) is 16.5 Å². The molecule has 0 atom stereocenters. The van der Waals surface area contributed by atoms with Gasteiger partial charge in [-0.3, -0.25) is 4.79 Å². The minimum Gasteiger partial charge on any atom is -0.364 e. The summed E-state index contributed by atoms with van der Waals surface area (Å²) in [6.07, 6.45) is -2.79. The summed E-state index contributed by atoms with van der Waals surface area (Å²) in [7, 11) is 1.25. The molecule has 1 N–H and O–H groups in total. The quantitative estimate of drug-likeness (QED) is 0.672. The van der Waals surface area contributed by atoms with Gasteiger partial charge in [0.25, 0.3) is 0 Å². The zero-order chi connectivity index (χ0) is 13.1. The lowest BCUT2D eigenvalue weighted by Crippen LogP contribution is -2.31. The van der Waals surface area contributed by atoms with Gasteiger partial charge >= 0.3 is 6.18 Å². The predicted octanol–water partition coefficient (Wildman–Crippen LogP) is 2.30. The number of alkyl halides is 3. The second-order valence-electron chi connectivity index (χ2n) is 3.26. The first-order valence-electron chi connectivity index (χ1n) is 4.47. The van der Waals surface area contributed by atoms with E-state index < -0.39 is 12.7 Å². The summed E-state index contributed by atoms with van der Waals surface area (Å²) >= 11 is 5.60. The average Bonchev–Trinajstić information content (AvgIpc) is 2.18. The molecule has 0 radical (unpaired) electrons. The average molecular weight is 268 g/mol. The topological polar surface area (TPSA) is 45.2 Å². The van der Waals surface area contributed by atoms with Crippen LogP contribution in [0.4, 0.5) is 24.5 Å². The first kappa shape index (κ1) is 13.6. The lowest BCUT2D eigenvalue weighted by atomic mass is 10.3. The molecule has 0 saturated carbocycles. The number of anilines is 2. The SMILES string of the molecule is CN(CC(F)(F)F)c1cc(Cl)ncc1NC=O. The summed E-state index contributed by atoms with van der Waals surface area (Å²) in [5.41, 5.74) is 0.311. The van der Waals surface area contributed by atoms with Gasteiger partial charge in [-0.1, -0.05) is 11.6 Å². The van der Waals surface area contributed by atoms with Crippen LogP contribution in [-0.4, -0.2) is 31.2 Å². The summed E-state index contributed by atoms with van der Waals surface area (Å²) in [6.45, 7) is -1.15. The Kier molecular flexibility index (Phi) is 4.17. The first-order chi connectivity index (χ1) is 7.83. The molecule has 0 aromatic carbocycles. The van der Waals surface area contributed by atoms with E-state index in [0.717, 1.165) is 4.90 Å². The van der Waals surface area contributed by atoms with Crippen LogP contribution >= 0.6 is 11.6 Å². The number of hydrogen-bond acceptors (Lipinski definition) is 3. The molecule has 0 bridgehead atoms. The van der Waals surface area contributed by atoms with Crippen molar-refractivity contribution in [2.24, 2.45) is 0 Å². The maximum atomic E-state index is 12.2. The molecule has 1 aromatic rings. The highest BCUT2D eigenvalue weighted by molar-refractivity contribution is 6.29. The monoisotopic (exact) mass is 267 g/mol. The van der Waals surface area contributed by atoms with Crippen LogP contribution in [0.3, 0.4) is 0 Å². The van der Waals surface area contributed by atoms with E-state index in [0.29, 0.717) is 6.41 Å². The van der Waals surface area contributed by atoms with E-state index in [9.17, 15) is 18.0 Å². The van der Waals surface area contributed by atoms with Crippen molar-refractivity contribution < 1.29 is 18.0 Å². The Labute approximate surface area is 100 Å². The van der Waals surface area contributed by atoms with Crippen molar-refractivity contribution in [2.45, 2.75) is 6.18 Å². The van der Waals surface area contributed by atoms with E-state index in [2.05, 4.69) is 10.3 Å². The molecule has 0 aliphatic carbocycles. The lowest BCUT2D eigenvalue weighted by molar-refractivity contribution is -0.119. The van der Waals surface area contributed by atoms with Crippen molar-refractivity contribution in [3.05, 3.63) is 17.4 Å². The molecule has 94 valence electrons. The van der Waals surface area contributed by atoms with Gasteiger partial charge in [0.15, 0.2) is 0 Å². The molecule has 0 unspecified atom stereocenters. The van der Waals surface area contributed by atoms with Crippen LogP contribution in [0, 0.1) is 0 Å². The van der Waals surface area contributed by atoms with Crippen molar-refractivity contribution >= 4 is 29.4 Å². The number of halogens is 4. The minimum atomic E-state index is -4.34. The predicted molar refractivity (Wildman–Crippen MR) is 58.3 cm³/mol. The molecule has 0 aliphatic rings. The van der Waals surface area contributed by atoms with Crippen molar-refractivity contribution in [1.29, 1.82) is 0 Å². The Bertz CT molecular complexity index is 411. The van der Waals surface area contributed by atoms with Crippen molar-refractivity contribution in [3.8, 4) is 0 Å². The third kappa shape index (κ3) is 4.10. The summed E-state index contributed by atoms with van der Waals surface area (Å²) in [5.74, 6) is 0. The van der Waals surface area contributed by atoms with E-state index >= 15 is 0 Å². The number of carbonyl (C=O) groups excluding carboxylic acids is 1. The third-order valence-electron chi connectivity index (χ3n) is 1.89. The third-order valence-corrected chi connectivity index (χ3v) is 2.10. The fourth-order valence-electron chi connectivity index (χ4n) is 1.26. The zero-order valence-electron chi connectivity index (χ0n) is 8.75. The molecule has 1 heterocycles. The number of aromatic nitrogens is 1. The highest BCUT2D eigenvalue weighted by Gasteiger charge is 2.30. The number of amides is 1. The molecule has 8 heteroatoms. The summed E-state index contributed by atoms with van der Waals surface area (Å²) in [6, 6.07) is 1.25. The van der Waals surface area contributed by atoms with Crippen LogP contribution in [0.1, 0.15) is 0 Å². The second kappa shape index (κ2) is 5.22. The Hall–Kier alpha value is -1.50. The van der Waals surface area contributed by atoms with Gasteiger partial charge in [-0.05, 0) is 0 Å². The van der Waals surface area contributed by atoms with Gasteiger partial charge in [0.05, 0.1) is 17.6 Å². The number of nitrogens with one attached hydrogen (secondary N) is 1. The van der Waals surface area contributed by atoms with Crippen LogP contribution in [0.15, 0.2) is 12.3 Å². The number of rotatable bonds is 4. The number of nitrogens with zero attached hydrogens (tertiary/aromatic N) is 2. The number of hydrogen-bond donors (Lipinski definition) is 1. The molecular formula is C9H9ClF3N3O. The smallest absolute Gasteiger partial charge is 0.364 e. The largest absolute Gasteiger partial charge is 0.405 e. The molecule has 4 nitrogen and oxygen atoms in total. The Morgan fingerprint density at radius 2 is 2.24 bits per heavy atom. The van der Waals surface area contributed by atoms with E-state index in [4.69, 9.17) is 11.6 Å². The highest BCUT2D eigenvalue weighted by Crippen LogP contribution is 2.28. The van der Waals surface area contributed by atoms with Crippen molar-refractivity contribution in [2.75, 3.05) is 23.8 Å². The highest BCUT2D eigenvalue weighted by atomic mass is 35.5. The zero-order valence-corrected chi connectivity index (χ0v) is 9.51. The molecule has 1 aromatic heterocycles. The Balaban J connectivity index is 3.01. The van der Waals surface area contributed by atoms with E-state index in [1.165, 1.54) is 19.3 Å². The Morgan fingerprint density at radius 1 is 1.59 bits per heavy atom. The number of carbonyl (C=O) groups is 1. The number of pyridine rings is 1. The molecule has 1 amide bonds. The van der Waals surface area contributed by atoms with Gasteiger partial charge in [-0.15, -0.1) is 0 Å². The molecular weight excluding hydrogens is 259 g/mol. The normalized spacial score (nSPS) is 11.1. The standard InChI is InChI=1S/C9H9ClF3N3O/c1-16(4-9(11,12)13)7-2-8(10)14-3-6(7)15-5-17/h2-3,5H,4H2,1H3,(H,15,17). The fraction of sp³-hybridized carbons (Fsp3) is 0.333. The van der Waals surface area contributed by atoms with Crippen LogP contribution < -0.4 is 10.2 Å². The van der Waals surface area contributed by atoms with Crippen LogP contribution in [0.25, 0.3) is 0 Å². The minimum absolute atomic E-state index is 0.0467. The first-order valence-corrected chi connectivity index (χ1v) is 4.85. The van der Waals surface area contributed by atoms with Gasteiger partial charge in [0.2, 0.25) is 6.41 Å². The summed E-state index contributed by atoms with van der Waals surface area (Å²) in [4.78, 5) is 14.9. The maximum absolute atomic E-state index is 12.2. The van der Waals surface area contributed by atoms with Crippen molar-refractivity contribution in [1.82, 2.24) is 4.98 Å². The molecule has 1 rings (SSSR count). The molecule has 0 fully saturated rings. The van der Waals surface area contributed by atoms with Gasteiger partial charge < -0.3 is 10.2 Å². The summed E-state index contributed by atoms with van der Waals surface area (Å²) < 4.78 is 36.7. The van der Waals surface area contributed by atoms with E-state index in [1.54, 1.807) is 0 Å². The van der Waals surface area contributed by atoms with Crippen LogP contribution in [0.5, 0.6) is 0 Å². The second-order valence-corrected chi connectivity index (χ2v) is 3.64. The van der Waals surface area contributed by atoms with Crippen LogP contribution in [-0.2, 0) is 4.79 Å². The fourth-order valence-corrected chi connectivity index (χ4v) is 1.42. The van der Waals surface area contributed by atoms with Gasteiger partial charge in [0.1, 0.15) is 11.7 Å². The van der Waals surface area contributed by atoms with Gasteiger partial charge in [-0.2, -0.15) is 13.2 Å². The van der Waals surface area contributed by atoms with E-state index in [1.807, 2.05) is 0 Å². The molecule has 0 spiro atoms. The van der Waals surface area contributed by atoms with Crippen LogP contribution in [0.2, 0.25) is 5.15 Å². The summed E-state index contributed by atoms with van der Waals surface area (Å²) in [5, 5.41) is 2.31.